The summed E-state index contributed by atoms with van der Waals surface area (Å²) in [5.41, 5.74) is 0.0270. The molecular formula is C13H17FIN5O2. The molecule has 0 saturated heterocycles. The van der Waals surface area contributed by atoms with Crippen molar-refractivity contribution in [2.45, 2.75) is 26.4 Å². The van der Waals surface area contributed by atoms with Gasteiger partial charge in [-0.3, -0.25) is 0 Å². The van der Waals surface area contributed by atoms with Crippen LogP contribution in [0.1, 0.15) is 20.8 Å². The average Bonchev–Trinajstić information content (AvgIpc) is 2.73. The molecule has 0 aliphatic carbocycles. The zero-order valence-electron chi connectivity index (χ0n) is 12.5. The number of rotatable bonds is 4. The maximum atomic E-state index is 13.8. The highest BCUT2D eigenvalue weighted by molar-refractivity contribution is 14.1. The fourth-order valence-electron chi connectivity index (χ4n) is 1.65. The fourth-order valence-corrected chi connectivity index (χ4v) is 2.14. The minimum Gasteiger partial charge on any atom is -0.444 e. The van der Waals surface area contributed by atoms with E-state index in [0.29, 0.717) is 12.2 Å². The molecule has 2 N–H and O–H groups in total. The summed E-state index contributed by atoms with van der Waals surface area (Å²) >= 11 is 2.08. The maximum Gasteiger partial charge on any atom is 0.407 e. The van der Waals surface area contributed by atoms with Crippen molar-refractivity contribution in [2.24, 2.45) is 0 Å². The first-order valence-electron chi connectivity index (χ1n) is 6.66. The first-order chi connectivity index (χ1) is 10.3. The SMILES string of the molecule is CC(C)(C)OC(=O)NCCNc1nc2c(I)cnn2cc1F. The molecule has 2 aromatic rings. The van der Waals surface area contributed by atoms with Crippen LogP contribution in [-0.2, 0) is 4.74 Å². The number of nitrogens with one attached hydrogen (secondary N) is 2. The molecular weight excluding hydrogens is 404 g/mol. The minimum atomic E-state index is -0.547. The molecule has 0 aromatic carbocycles. The zero-order chi connectivity index (χ0) is 16.3. The Morgan fingerprint density at radius 1 is 1.45 bits per heavy atom. The van der Waals surface area contributed by atoms with Crippen LogP contribution in [0.5, 0.6) is 0 Å². The van der Waals surface area contributed by atoms with Gasteiger partial charge in [0.05, 0.1) is 16.0 Å². The maximum absolute atomic E-state index is 13.8. The van der Waals surface area contributed by atoms with Gasteiger partial charge >= 0.3 is 6.09 Å². The van der Waals surface area contributed by atoms with Gasteiger partial charge in [-0.15, -0.1) is 0 Å². The average molecular weight is 421 g/mol. The van der Waals surface area contributed by atoms with Crippen molar-refractivity contribution in [1.29, 1.82) is 0 Å². The minimum absolute atomic E-state index is 0.122. The molecule has 7 nitrogen and oxygen atoms in total. The van der Waals surface area contributed by atoms with Crippen molar-refractivity contribution in [1.82, 2.24) is 19.9 Å². The molecule has 0 atom stereocenters. The number of nitrogens with zero attached hydrogens (tertiary/aromatic N) is 3. The molecule has 120 valence electrons. The summed E-state index contributed by atoms with van der Waals surface area (Å²) in [6.07, 6.45) is 2.35. The van der Waals surface area contributed by atoms with E-state index in [-0.39, 0.29) is 12.4 Å². The van der Waals surface area contributed by atoms with E-state index in [1.807, 2.05) is 0 Å². The van der Waals surface area contributed by atoms with Crippen LogP contribution in [-0.4, -0.2) is 39.4 Å². The standard InChI is InChI=1S/C13H17FIN5O2/c1-13(2,3)22-12(21)17-5-4-16-10-8(14)7-20-11(19-10)9(15)6-18-20/h6-7H,4-5H2,1-3H3,(H,16,19)(H,17,21). The van der Waals surface area contributed by atoms with Gasteiger partial charge < -0.3 is 15.4 Å². The number of fused-ring (bicyclic) bond motifs is 1. The van der Waals surface area contributed by atoms with Gasteiger partial charge in [0.15, 0.2) is 17.3 Å². The monoisotopic (exact) mass is 421 g/mol. The van der Waals surface area contributed by atoms with E-state index in [2.05, 4.69) is 43.3 Å². The Balaban J connectivity index is 1.88. The van der Waals surface area contributed by atoms with Crippen LogP contribution in [0.4, 0.5) is 15.0 Å². The largest absolute Gasteiger partial charge is 0.444 e. The zero-order valence-corrected chi connectivity index (χ0v) is 14.6. The van der Waals surface area contributed by atoms with Gasteiger partial charge in [-0.25, -0.2) is 18.7 Å². The number of aromatic nitrogens is 3. The second-order valence-electron chi connectivity index (χ2n) is 5.55. The molecule has 0 bridgehead atoms. The third-order valence-electron chi connectivity index (χ3n) is 2.49. The van der Waals surface area contributed by atoms with E-state index < -0.39 is 17.5 Å². The molecule has 9 heteroatoms. The fraction of sp³-hybridized carbons (Fsp3) is 0.462. The van der Waals surface area contributed by atoms with Gasteiger partial charge in [-0.1, -0.05) is 0 Å². The summed E-state index contributed by atoms with van der Waals surface area (Å²) in [5, 5.41) is 9.40. The molecule has 2 rings (SSSR count). The Bertz CT molecular complexity index is 683. The first kappa shape index (κ1) is 16.7. The molecule has 0 aliphatic heterocycles. The summed E-state index contributed by atoms with van der Waals surface area (Å²) < 4.78 is 21.1. The Hall–Kier alpha value is -1.65. The molecule has 0 radical (unpaired) electrons. The Morgan fingerprint density at radius 2 is 2.18 bits per heavy atom. The lowest BCUT2D eigenvalue weighted by Gasteiger charge is -2.19. The van der Waals surface area contributed by atoms with Crippen molar-refractivity contribution >= 4 is 40.1 Å². The molecule has 0 aliphatic rings. The lowest BCUT2D eigenvalue weighted by Crippen LogP contribution is -2.35. The van der Waals surface area contributed by atoms with Gasteiger partial charge in [-0.05, 0) is 43.4 Å². The highest BCUT2D eigenvalue weighted by Crippen LogP contribution is 2.16. The molecule has 2 heterocycles. The van der Waals surface area contributed by atoms with E-state index in [4.69, 9.17) is 4.74 Å². The van der Waals surface area contributed by atoms with E-state index in [1.54, 1.807) is 27.0 Å². The molecule has 0 fully saturated rings. The van der Waals surface area contributed by atoms with Crippen LogP contribution >= 0.6 is 22.6 Å². The summed E-state index contributed by atoms with van der Waals surface area (Å²) in [7, 11) is 0. The number of ether oxygens (including phenoxy) is 1. The lowest BCUT2D eigenvalue weighted by atomic mass is 10.2. The third kappa shape index (κ3) is 4.42. The quantitative estimate of drug-likeness (QED) is 0.586. The third-order valence-corrected chi connectivity index (χ3v) is 3.25. The second-order valence-corrected chi connectivity index (χ2v) is 6.72. The first-order valence-corrected chi connectivity index (χ1v) is 7.74. The van der Waals surface area contributed by atoms with Crippen molar-refractivity contribution in [3.05, 3.63) is 21.8 Å². The number of amides is 1. The highest BCUT2D eigenvalue weighted by atomic mass is 127. The Morgan fingerprint density at radius 3 is 2.86 bits per heavy atom. The van der Waals surface area contributed by atoms with E-state index in [0.717, 1.165) is 3.57 Å². The Labute approximate surface area is 140 Å². The highest BCUT2D eigenvalue weighted by Gasteiger charge is 2.15. The predicted octanol–water partition coefficient (Wildman–Crippen LogP) is 2.41. The van der Waals surface area contributed by atoms with E-state index in [1.165, 1.54) is 10.7 Å². The van der Waals surface area contributed by atoms with Crippen molar-refractivity contribution in [2.75, 3.05) is 18.4 Å². The summed E-state index contributed by atoms with van der Waals surface area (Å²) in [6, 6.07) is 0. The van der Waals surface area contributed by atoms with Crippen molar-refractivity contribution in [3.63, 3.8) is 0 Å². The van der Waals surface area contributed by atoms with E-state index in [9.17, 15) is 9.18 Å². The normalized spacial score (nSPS) is 11.5. The molecule has 22 heavy (non-hydrogen) atoms. The smallest absolute Gasteiger partial charge is 0.407 e. The molecule has 1 amide bonds. The van der Waals surface area contributed by atoms with Gasteiger partial charge in [0, 0.05) is 13.1 Å². The van der Waals surface area contributed by atoms with Crippen LogP contribution < -0.4 is 10.6 Å². The van der Waals surface area contributed by atoms with Gasteiger partial charge in [-0.2, -0.15) is 5.10 Å². The summed E-state index contributed by atoms with van der Waals surface area (Å²) in [4.78, 5) is 15.6. The summed E-state index contributed by atoms with van der Waals surface area (Å²) in [5.74, 6) is -0.388. The van der Waals surface area contributed by atoms with Crippen LogP contribution in [0.25, 0.3) is 5.65 Å². The molecule has 0 unspecified atom stereocenters. The summed E-state index contributed by atoms with van der Waals surface area (Å²) in [6.45, 7) is 5.97. The van der Waals surface area contributed by atoms with Crippen LogP contribution in [0.3, 0.4) is 0 Å². The number of hydrogen-bond acceptors (Lipinski definition) is 5. The van der Waals surface area contributed by atoms with Gasteiger partial charge in [0.2, 0.25) is 0 Å². The number of carbonyl (C=O) groups excluding carboxylic acids is 1. The van der Waals surface area contributed by atoms with Crippen molar-refractivity contribution in [3.8, 4) is 0 Å². The Kier molecular flexibility index (Phi) is 5.04. The number of alkyl carbamates (subject to hydrolysis) is 1. The lowest BCUT2D eigenvalue weighted by molar-refractivity contribution is 0.0530. The van der Waals surface area contributed by atoms with Crippen LogP contribution in [0, 0.1) is 9.39 Å². The van der Waals surface area contributed by atoms with Gasteiger partial charge in [0.1, 0.15) is 5.60 Å². The molecule has 0 spiro atoms. The van der Waals surface area contributed by atoms with Gasteiger partial charge in [0.25, 0.3) is 0 Å². The topological polar surface area (TPSA) is 80.5 Å². The second kappa shape index (κ2) is 6.63. The van der Waals surface area contributed by atoms with Crippen molar-refractivity contribution < 1.29 is 13.9 Å². The number of hydrogen-bond donors (Lipinski definition) is 2. The van der Waals surface area contributed by atoms with Crippen LogP contribution in [0.15, 0.2) is 12.4 Å². The molecule has 2 aromatic heterocycles. The van der Waals surface area contributed by atoms with Crippen LogP contribution in [0.2, 0.25) is 0 Å². The number of halogens is 2. The predicted molar refractivity (Wildman–Crippen MR) is 88.4 cm³/mol. The molecule has 0 saturated carbocycles. The number of carbonyl (C=O) groups is 1. The van der Waals surface area contributed by atoms with E-state index >= 15 is 0 Å². The number of anilines is 1.